The van der Waals surface area contributed by atoms with Crippen LogP contribution >= 0.6 is 0 Å². The van der Waals surface area contributed by atoms with Gasteiger partial charge >= 0.3 is 17.9 Å². The Morgan fingerprint density at radius 2 is 1.03 bits per heavy atom. The Balaban J connectivity index is -0.000000148. The fourth-order valence-corrected chi connectivity index (χ4v) is 0.523. The molecule has 13 heteroatoms. The average Bonchev–Trinajstić information content (AvgIpc) is 2.59. The number of hydrogen-bond acceptors (Lipinski definition) is 10. The van der Waals surface area contributed by atoms with E-state index in [0.29, 0.717) is 13.0 Å². The standard InChI is InChI=1S/C4H9NO2.C4H6O6.C4H10O2.C4H8O2/c5-3-1-2-4(6)7;5-1(3(7)8)2(6)4(9)10;2*1-3(5)4(2)6/h1-3,5H2,(H,6,7);1-2,5-6H,(H,7,8)(H,9,10);3-6H,1-2H3;3,5H,1-2H3/t;1-,2-;;/m.1../s1. The van der Waals surface area contributed by atoms with Crippen molar-refractivity contribution in [1.82, 2.24) is 0 Å². The van der Waals surface area contributed by atoms with Crippen LogP contribution in [0.2, 0.25) is 0 Å². The maximum Gasteiger partial charge on any atom is 0.335 e. The quantitative estimate of drug-likeness (QED) is 0.191. The molecule has 0 fully saturated rings. The summed E-state index contributed by atoms with van der Waals surface area (Å²) in [4.78, 5) is 39.1. The SMILES string of the molecule is CC(=O)C(C)O.CC(O)C(C)O.NCCCC(=O)O.O=C(O)[C@H](O)[C@@H](O)C(=O)O. The molecule has 0 amide bonds. The molecule has 0 saturated carbocycles. The van der Waals surface area contributed by atoms with Crippen molar-refractivity contribution in [2.24, 2.45) is 5.73 Å². The molecule has 174 valence electrons. The highest BCUT2D eigenvalue weighted by molar-refractivity contribution is 5.83. The molecule has 0 aromatic rings. The van der Waals surface area contributed by atoms with Crippen molar-refractivity contribution in [3.63, 3.8) is 0 Å². The molecule has 0 spiro atoms. The van der Waals surface area contributed by atoms with Crippen LogP contribution in [0.4, 0.5) is 0 Å². The first-order chi connectivity index (χ1) is 13.0. The smallest absolute Gasteiger partial charge is 0.335 e. The van der Waals surface area contributed by atoms with Crippen LogP contribution in [0.1, 0.15) is 40.5 Å². The fraction of sp³-hybridized carbons (Fsp3) is 0.750. The molecule has 0 aromatic heterocycles. The van der Waals surface area contributed by atoms with Gasteiger partial charge in [0.05, 0.1) is 12.2 Å². The van der Waals surface area contributed by atoms with E-state index in [9.17, 15) is 19.2 Å². The van der Waals surface area contributed by atoms with E-state index in [1.807, 2.05) is 0 Å². The van der Waals surface area contributed by atoms with Crippen molar-refractivity contribution in [1.29, 1.82) is 0 Å². The van der Waals surface area contributed by atoms with Gasteiger partial charge in [-0.1, -0.05) is 0 Å². The second-order valence-corrected chi connectivity index (χ2v) is 5.62. The molecule has 29 heavy (non-hydrogen) atoms. The number of carboxylic acid groups (broad SMARTS) is 3. The van der Waals surface area contributed by atoms with Gasteiger partial charge in [-0.3, -0.25) is 9.59 Å². The number of aliphatic hydroxyl groups is 5. The molecule has 0 heterocycles. The Morgan fingerprint density at radius 3 is 1.10 bits per heavy atom. The van der Waals surface area contributed by atoms with Gasteiger partial charge in [0, 0.05) is 6.42 Å². The van der Waals surface area contributed by atoms with Crippen molar-refractivity contribution in [3.8, 4) is 0 Å². The number of hydrogen-bond donors (Lipinski definition) is 9. The first-order valence-corrected chi connectivity index (χ1v) is 8.30. The van der Waals surface area contributed by atoms with Crippen molar-refractivity contribution in [2.75, 3.05) is 6.54 Å². The van der Waals surface area contributed by atoms with Crippen molar-refractivity contribution in [3.05, 3.63) is 0 Å². The lowest BCUT2D eigenvalue weighted by Crippen LogP contribution is -2.39. The Kier molecular flexibility index (Phi) is 24.4. The zero-order chi connectivity index (χ0) is 24.3. The Bertz CT molecular complexity index is 441. The van der Waals surface area contributed by atoms with Gasteiger partial charge < -0.3 is 46.6 Å². The minimum atomic E-state index is -2.27. The van der Waals surface area contributed by atoms with Crippen molar-refractivity contribution in [2.45, 2.75) is 71.1 Å². The Hall–Kier alpha value is -2.16. The third kappa shape index (κ3) is 30.8. The summed E-state index contributed by atoms with van der Waals surface area (Å²) in [6.07, 6.45) is -5.73. The van der Waals surface area contributed by atoms with E-state index in [-0.39, 0.29) is 12.2 Å². The average molecular weight is 431 g/mol. The second kappa shape index (κ2) is 20.6. The molecule has 0 aliphatic heterocycles. The summed E-state index contributed by atoms with van der Waals surface area (Å²) >= 11 is 0. The molecule has 0 saturated heterocycles. The third-order valence-corrected chi connectivity index (χ3v) is 2.69. The first kappa shape index (κ1) is 34.4. The summed E-state index contributed by atoms with van der Waals surface area (Å²) in [6, 6.07) is 0. The molecular weight excluding hydrogens is 398 g/mol. The second-order valence-electron chi connectivity index (χ2n) is 5.62. The highest BCUT2D eigenvalue weighted by atomic mass is 16.4. The van der Waals surface area contributed by atoms with Crippen LogP contribution in [0.3, 0.4) is 0 Å². The number of carboxylic acids is 3. The molecule has 13 nitrogen and oxygen atoms in total. The molecule has 0 aliphatic carbocycles. The van der Waals surface area contributed by atoms with Crippen LogP contribution in [-0.4, -0.2) is 102 Å². The predicted octanol–water partition coefficient (Wildman–Crippen LogP) is -2.61. The molecule has 3 unspecified atom stereocenters. The molecule has 0 aromatic carbocycles. The summed E-state index contributed by atoms with van der Waals surface area (Å²) in [6.45, 7) is 6.36. The Morgan fingerprint density at radius 1 is 0.759 bits per heavy atom. The monoisotopic (exact) mass is 431 g/mol. The molecule has 5 atom stereocenters. The van der Waals surface area contributed by atoms with Crippen LogP contribution in [0, 0.1) is 0 Å². The number of rotatable bonds is 8. The first-order valence-electron chi connectivity index (χ1n) is 8.30. The van der Waals surface area contributed by atoms with E-state index in [0.717, 1.165) is 0 Å². The van der Waals surface area contributed by atoms with Crippen molar-refractivity contribution < 1.29 is 60.0 Å². The summed E-state index contributed by atoms with van der Waals surface area (Å²) in [5.41, 5.74) is 5.01. The molecule has 0 bridgehead atoms. The molecule has 10 N–H and O–H groups in total. The van der Waals surface area contributed by atoms with E-state index in [2.05, 4.69) is 0 Å². The summed E-state index contributed by atoms with van der Waals surface area (Å²) in [5.74, 6) is -4.50. The maximum atomic E-state index is 9.89. The van der Waals surface area contributed by atoms with E-state index in [4.69, 9.17) is 46.6 Å². The normalized spacial score (nSPS) is 14.6. The van der Waals surface area contributed by atoms with E-state index >= 15 is 0 Å². The number of carbonyl (C=O) groups excluding carboxylic acids is 1. The van der Waals surface area contributed by atoms with Gasteiger partial charge in [0.2, 0.25) is 0 Å². The highest BCUT2D eigenvalue weighted by Gasteiger charge is 2.29. The zero-order valence-corrected chi connectivity index (χ0v) is 16.8. The number of Topliss-reactive ketones (excluding diaryl/α,β-unsaturated/α-hetero) is 1. The predicted molar refractivity (Wildman–Crippen MR) is 98.9 cm³/mol. The van der Waals surface area contributed by atoms with Gasteiger partial charge in [-0.15, -0.1) is 0 Å². The van der Waals surface area contributed by atoms with Gasteiger partial charge in [-0.25, -0.2) is 9.59 Å². The lowest BCUT2D eigenvalue weighted by Gasteiger charge is -2.07. The number of aliphatic hydroxyl groups excluding tert-OH is 5. The molecule has 0 radical (unpaired) electrons. The number of aliphatic carboxylic acids is 3. The summed E-state index contributed by atoms with van der Waals surface area (Å²) in [5, 5.41) is 65.6. The van der Waals surface area contributed by atoms with E-state index in [1.165, 1.54) is 13.8 Å². The number of nitrogens with two attached hydrogens (primary N) is 1. The maximum absolute atomic E-state index is 9.89. The van der Waals surface area contributed by atoms with Crippen molar-refractivity contribution >= 4 is 23.7 Å². The van der Waals surface area contributed by atoms with Crippen LogP contribution in [0.5, 0.6) is 0 Å². The lowest BCUT2D eigenvalue weighted by molar-refractivity contribution is -0.165. The van der Waals surface area contributed by atoms with Gasteiger partial charge in [0.15, 0.2) is 18.0 Å². The number of ketones is 1. The Labute approximate surface area is 168 Å². The van der Waals surface area contributed by atoms with Crippen LogP contribution in [0.25, 0.3) is 0 Å². The largest absolute Gasteiger partial charge is 0.481 e. The van der Waals surface area contributed by atoms with Gasteiger partial charge in [0.1, 0.15) is 6.10 Å². The van der Waals surface area contributed by atoms with E-state index < -0.39 is 48.4 Å². The fourth-order valence-electron chi connectivity index (χ4n) is 0.523. The van der Waals surface area contributed by atoms with Gasteiger partial charge in [0.25, 0.3) is 0 Å². The summed E-state index contributed by atoms with van der Waals surface area (Å²) < 4.78 is 0. The van der Waals surface area contributed by atoms with Crippen LogP contribution < -0.4 is 5.73 Å². The van der Waals surface area contributed by atoms with Crippen LogP contribution in [0.15, 0.2) is 0 Å². The highest BCUT2D eigenvalue weighted by Crippen LogP contribution is 1.92. The lowest BCUT2D eigenvalue weighted by atomic mass is 10.2. The topological polar surface area (TPSA) is 256 Å². The minimum absolute atomic E-state index is 0.185. The zero-order valence-electron chi connectivity index (χ0n) is 16.8. The summed E-state index contributed by atoms with van der Waals surface area (Å²) in [7, 11) is 0. The molecule has 0 aliphatic rings. The van der Waals surface area contributed by atoms with E-state index in [1.54, 1.807) is 13.8 Å². The third-order valence-electron chi connectivity index (χ3n) is 2.69. The van der Waals surface area contributed by atoms with Gasteiger partial charge in [-0.2, -0.15) is 0 Å². The van der Waals surface area contributed by atoms with Crippen LogP contribution in [-0.2, 0) is 19.2 Å². The minimum Gasteiger partial charge on any atom is -0.481 e. The molecular formula is C16H33NO12. The molecule has 0 rings (SSSR count). The van der Waals surface area contributed by atoms with Gasteiger partial charge in [-0.05, 0) is 40.7 Å². The number of carbonyl (C=O) groups is 4.